The molecular weight excluding hydrogens is 248 g/mol. The van der Waals surface area contributed by atoms with Gasteiger partial charge in [0, 0.05) is 44.2 Å². The number of hydrogen-bond acceptors (Lipinski definition) is 4. The van der Waals surface area contributed by atoms with E-state index in [-0.39, 0.29) is 50.8 Å². The number of carbonyl (C=O) groups is 1. The van der Waals surface area contributed by atoms with E-state index in [9.17, 15) is 13.2 Å². The molecule has 0 fully saturated rings. The van der Waals surface area contributed by atoms with Crippen LogP contribution in [0.15, 0.2) is 0 Å². The van der Waals surface area contributed by atoms with Gasteiger partial charge in [-0.25, -0.2) is 0 Å². The molecule has 0 saturated carbocycles. The van der Waals surface area contributed by atoms with Crippen LogP contribution >= 0.6 is 0 Å². The van der Waals surface area contributed by atoms with E-state index in [0.717, 1.165) is 12.8 Å². The Labute approximate surface area is 120 Å². The van der Waals surface area contributed by atoms with Crippen LogP contribution < -0.4 is 0 Å². The first-order chi connectivity index (χ1) is 6.38. The number of ether oxygens (including phenoxy) is 1. The zero-order valence-corrected chi connectivity index (χ0v) is 12.1. The molecule has 15 heavy (non-hydrogen) atoms. The minimum atomic E-state index is -4.10. The summed E-state index contributed by atoms with van der Waals surface area (Å²) in [4.78, 5) is 10.9. The van der Waals surface area contributed by atoms with Gasteiger partial charge in [0.05, 0.1) is 0 Å². The van der Waals surface area contributed by atoms with Crippen LogP contribution in [-0.2, 0) is 19.6 Å². The van der Waals surface area contributed by atoms with E-state index in [1.54, 1.807) is 0 Å². The van der Waals surface area contributed by atoms with Crippen molar-refractivity contribution in [3.8, 4) is 0 Å². The second-order valence-electron chi connectivity index (χ2n) is 3.11. The summed E-state index contributed by atoms with van der Waals surface area (Å²) in [6, 6.07) is 0. The molecule has 2 radical (unpaired) electrons. The summed E-state index contributed by atoms with van der Waals surface area (Å²) in [6.45, 7) is 2.93. The van der Waals surface area contributed by atoms with Gasteiger partial charge in [-0.2, -0.15) is 8.42 Å². The van der Waals surface area contributed by atoms with Crippen LogP contribution in [0.4, 0.5) is 0 Å². The van der Waals surface area contributed by atoms with Crippen LogP contribution in [0.1, 0.15) is 33.1 Å². The maximum absolute atomic E-state index is 10.9. The molecule has 1 atom stereocenters. The summed E-state index contributed by atoms with van der Waals surface area (Å²) in [5, 5.41) is -1.06. The molecule has 0 rings (SSSR count). The first kappa shape index (κ1) is 18.0. The van der Waals surface area contributed by atoms with E-state index in [0.29, 0.717) is 0 Å². The van der Waals surface area contributed by atoms with E-state index in [4.69, 9.17) is 4.55 Å². The molecular formula is C8H16CaO5S. The second kappa shape index (κ2) is 8.75. The normalized spacial score (nSPS) is 12.7. The fraction of sp³-hybridized carbons (Fsp3) is 0.875. The number of rotatable bonds is 6. The van der Waals surface area contributed by atoms with Crippen molar-refractivity contribution in [3.63, 3.8) is 0 Å². The Balaban J connectivity index is 0. The van der Waals surface area contributed by atoms with Crippen molar-refractivity contribution in [3.05, 3.63) is 0 Å². The number of hydrogen-bond donors (Lipinski definition) is 1. The van der Waals surface area contributed by atoms with E-state index >= 15 is 0 Å². The van der Waals surface area contributed by atoms with E-state index < -0.39 is 21.3 Å². The molecule has 0 saturated heterocycles. The fourth-order valence-electron chi connectivity index (χ4n) is 0.690. The predicted molar refractivity (Wildman–Crippen MR) is 57.2 cm³/mol. The molecule has 0 aromatic heterocycles. The second-order valence-corrected chi connectivity index (χ2v) is 4.95. The van der Waals surface area contributed by atoms with Crippen molar-refractivity contribution >= 4 is 53.8 Å². The molecule has 86 valence electrons. The summed E-state index contributed by atoms with van der Waals surface area (Å²) in [6.07, 6.45) is 1.89. The number of carbonyl (C=O) groups excluding carboxylic acids is 1. The Bertz CT molecular complexity index is 275. The third-order valence-corrected chi connectivity index (χ3v) is 2.87. The van der Waals surface area contributed by atoms with Gasteiger partial charge in [0.15, 0.2) is 0 Å². The van der Waals surface area contributed by atoms with Crippen molar-refractivity contribution in [2.24, 2.45) is 0 Å². The molecule has 0 aliphatic heterocycles. The molecule has 1 unspecified atom stereocenters. The first-order valence-corrected chi connectivity index (χ1v) is 6.00. The van der Waals surface area contributed by atoms with E-state index in [1.807, 2.05) is 6.92 Å². The third-order valence-electron chi connectivity index (χ3n) is 1.72. The van der Waals surface area contributed by atoms with Gasteiger partial charge in [0.1, 0.15) is 11.9 Å². The van der Waals surface area contributed by atoms with Gasteiger partial charge in [-0.1, -0.05) is 13.3 Å². The first-order valence-electron chi connectivity index (χ1n) is 4.49. The van der Waals surface area contributed by atoms with E-state index in [1.165, 1.54) is 6.92 Å². The molecule has 0 bridgehead atoms. The summed E-state index contributed by atoms with van der Waals surface area (Å²) in [5.41, 5.74) is 0. The molecule has 0 aromatic carbocycles. The predicted octanol–water partition coefficient (Wildman–Crippen LogP) is 0.615. The van der Waals surface area contributed by atoms with Gasteiger partial charge >= 0.3 is 5.97 Å². The molecule has 7 heteroatoms. The van der Waals surface area contributed by atoms with Crippen LogP contribution in [-0.4, -0.2) is 68.5 Å². The van der Waals surface area contributed by atoms with Crippen molar-refractivity contribution in [1.29, 1.82) is 0 Å². The fourth-order valence-corrected chi connectivity index (χ4v) is 0.930. The summed E-state index contributed by atoms with van der Waals surface area (Å²) >= 11 is 0. The average Bonchev–Trinajstić information content (AvgIpc) is 2.09. The van der Waals surface area contributed by atoms with Crippen LogP contribution in [0, 0.1) is 0 Å². The number of esters is 1. The van der Waals surface area contributed by atoms with Crippen molar-refractivity contribution in [2.75, 3.05) is 6.61 Å². The van der Waals surface area contributed by atoms with Crippen LogP contribution in [0.2, 0.25) is 0 Å². The minimum Gasteiger partial charge on any atom is -0.464 e. The maximum atomic E-state index is 10.9. The van der Waals surface area contributed by atoms with Crippen molar-refractivity contribution in [1.82, 2.24) is 0 Å². The molecule has 0 aliphatic rings. The third kappa shape index (κ3) is 9.56. The van der Waals surface area contributed by atoms with Crippen LogP contribution in [0.25, 0.3) is 0 Å². The van der Waals surface area contributed by atoms with Gasteiger partial charge < -0.3 is 4.74 Å². The number of unbranched alkanes of at least 4 members (excludes halogenated alkanes) is 1. The van der Waals surface area contributed by atoms with Gasteiger partial charge in [-0.05, 0) is 13.3 Å². The van der Waals surface area contributed by atoms with Crippen LogP contribution in [0.3, 0.4) is 0 Å². The van der Waals surface area contributed by atoms with Gasteiger partial charge in [-0.3, -0.25) is 9.35 Å². The van der Waals surface area contributed by atoms with Gasteiger partial charge in [-0.15, -0.1) is 0 Å². The Morgan fingerprint density at radius 2 is 2.00 bits per heavy atom. The molecule has 0 heterocycles. The molecule has 0 aromatic rings. The molecule has 1 N–H and O–H groups in total. The minimum absolute atomic E-state index is 0. The zero-order valence-electron chi connectivity index (χ0n) is 9.10. The monoisotopic (exact) mass is 264 g/mol. The Morgan fingerprint density at radius 1 is 1.47 bits per heavy atom. The van der Waals surface area contributed by atoms with Crippen LogP contribution in [0.5, 0.6) is 0 Å². The maximum Gasteiger partial charge on any atom is 0.305 e. The summed E-state index contributed by atoms with van der Waals surface area (Å²) in [5.74, 6) is -0.428. The quantitative estimate of drug-likeness (QED) is 0.432. The van der Waals surface area contributed by atoms with E-state index in [2.05, 4.69) is 4.74 Å². The van der Waals surface area contributed by atoms with Gasteiger partial charge in [0.25, 0.3) is 10.1 Å². The zero-order chi connectivity index (χ0) is 11.2. The summed E-state index contributed by atoms with van der Waals surface area (Å²) in [7, 11) is -4.10. The Hall–Kier alpha value is 0.640. The standard InChI is InChI=1S/C8H16O5S.Ca/c1-3-4-5-8(9)13-6-7(2)14(10,11)12;/h7H,3-6H2,1-2H3,(H,10,11,12);. The van der Waals surface area contributed by atoms with Gasteiger partial charge in [0.2, 0.25) is 0 Å². The van der Waals surface area contributed by atoms with Crippen molar-refractivity contribution in [2.45, 2.75) is 38.4 Å². The molecule has 0 amide bonds. The largest absolute Gasteiger partial charge is 0.464 e. The summed E-state index contributed by atoms with van der Waals surface area (Å²) < 4.78 is 34.3. The smallest absolute Gasteiger partial charge is 0.305 e. The Morgan fingerprint density at radius 3 is 2.40 bits per heavy atom. The topological polar surface area (TPSA) is 80.7 Å². The molecule has 5 nitrogen and oxygen atoms in total. The molecule has 0 aliphatic carbocycles. The molecule has 0 spiro atoms. The van der Waals surface area contributed by atoms with Crippen molar-refractivity contribution < 1.29 is 22.5 Å². The average molecular weight is 264 g/mol. The SMILES string of the molecule is CCCCC(=O)OCC(C)S(=O)(=O)O.[Ca]. The Kier molecular flexibility index (Phi) is 10.5.